The molecule has 4 heterocycles. The summed E-state index contributed by atoms with van der Waals surface area (Å²) >= 11 is 1.88. The van der Waals surface area contributed by atoms with E-state index in [2.05, 4.69) is 46.2 Å². The number of benzene rings is 1. The quantitative estimate of drug-likeness (QED) is 0.495. The number of hydrogen-bond acceptors (Lipinski definition) is 8. The van der Waals surface area contributed by atoms with Crippen molar-refractivity contribution < 1.29 is 13.9 Å². The Hall–Kier alpha value is -2.00. The van der Waals surface area contributed by atoms with Gasteiger partial charge in [0.2, 0.25) is 5.91 Å². The molecule has 6 unspecified atom stereocenters. The number of piperazine rings is 1. The van der Waals surface area contributed by atoms with E-state index in [1.807, 2.05) is 17.8 Å². The summed E-state index contributed by atoms with van der Waals surface area (Å²) in [4.78, 5) is 20.3. The number of amides is 1. The summed E-state index contributed by atoms with van der Waals surface area (Å²) in [7, 11) is 2.17. The number of rotatable bonds is 6. The number of fused-ring (bicyclic) bond motifs is 2. The molecular weight excluding hydrogens is 539 g/mol. The van der Waals surface area contributed by atoms with E-state index in [4.69, 9.17) is 4.74 Å². The first kappa shape index (κ1) is 29.1. The third kappa shape index (κ3) is 5.95. The molecule has 6 rings (SSSR count). The Morgan fingerprint density at radius 2 is 2.15 bits per heavy atom. The number of carbonyl (C=O) groups is 1. The second-order valence-corrected chi connectivity index (χ2v) is 14.0. The number of likely N-dealkylation sites (tertiary alicyclic amines) is 1. The van der Waals surface area contributed by atoms with Gasteiger partial charge in [-0.3, -0.25) is 20.3 Å². The van der Waals surface area contributed by atoms with Crippen LogP contribution >= 0.6 is 11.8 Å². The van der Waals surface area contributed by atoms with Crippen LogP contribution in [0, 0.1) is 23.1 Å². The lowest BCUT2D eigenvalue weighted by molar-refractivity contribution is -0.135. The highest BCUT2D eigenvalue weighted by molar-refractivity contribution is 8.00. The maximum absolute atomic E-state index is 14.5. The Labute approximate surface area is 247 Å². The maximum Gasteiger partial charge on any atom is 0.246 e. The number of likely N-dealkylation sites (N-methyl/N-ethyl adjacent to an activating group) is 1. The molecule has 1 aliphatic carbocycles. The lowest BCUT2D eigenvalue weighted by Gasteiger charge is -2.56. The predicted octanol–water partition coefficient (Wildman–Crippen LogP) is 3.30. The Kier molecular flexibility index (Phi) is 8.74. The van der Waals surface area contributed by atoms with Crippen molar-refractivity contribution in [2.45, 2.75) is 91.7 Å². The third-order valence-corrected chi connectivity index (χ3v) is 11.8. The minimum atomic E-state index is -0.272. The Balaban J connectivity index is 1.21. The zero-order valence-corrected chi connectivity index (χ0v) is 24.9. The number of nitriles is 1. The molecule has 0 aromatic heterocycles. The molecule has 5 aliphatic rings. The number of nitrogens with one attached hydrogen (secondary N) is 2. The van der Waals surface area contributed by atoms with Crippen LogP contribution in [0.2, 0.25) is 0 Å². The molecule has 2 N–H and O–H groups in total. The summed E-state index contributed by atoms with van der Waals surface area (Å²) in [6.07, 6.45) is 8.77. The molecule has 4 aliphatic heterocycles. The van der Waals surface area contributed by atoms with Crippen LogP contribution in [0.4, 0.5) is 4.39 Å². The van der Waals surface area contributed by atoms with Gasteiger partial charge in [0.25, 0.3) is 0 Å². The zero-order valence-electron chi connectivity index (χ0n) is 24.1. The van der Waals surface area contributed by atoms with Gasteiger partial charge in [0.05, 0.1) is 31.3 Å². The fourth-order valence-corrected chi connectivity index (χ4v) is 9.51. The average molecular weight is 583 g/mol. The second-order valence-electron chi connectivity index (χ2n) is 12.5. The molecule has 0 radical (unpaired) electrons. The Morgan fingerprint density at radius 1 is 1.27 bits per heavy atom. The summed E-state index contributed by atoms with van der Waals surface area (Å²) in [5.41, 5.74) is 0.874. The number of thioether (sulfide) groups is 1. The van der Waals surface area contributed by atoms with E-state index in [-0.39, 0.29) is 41.1 Å². The molecule has 3 saturated heterocycles. The van der Waals surface area contributed by atoms with E-state index < -0.39 is 0 Å². The van der Waals surface area contributed by atoms with Gasteiger partial charge in [0.1, 0.15) is 5.82 Å². The monoisotopic (exact) mass is 582 g/mol. The molecule has 1 amide bonds. The molecule has 0 bridgehead atoms. The fraction of sp³-hybridized carbons (Fsp3) is 0.677. The van der Waals surface area contributed by atoms with Crippen LogP contribution in [0.3, 0.4) is 0 Å². The highest BCUT2D eigenvalue weighted by Gasteiger charge is 2.50. The van der Waals surface area contributed by atoms with Crippen molar-refractivity contribution in [3.63, 3.8) is 0 Å². The van der Waals surface area contributed by atoms with Gasteiger partial charge in [0, 0.05) is 52.8 Å². The third-order valence-electron chi connectivity index (χ3n) is 10.2. The van der Waals surface area contributed by atoms with E-state index in [9.17, 15) is 14.4 Å². The van der Waals surface area contributed by atoms with Crippen molar-refractivity contribution in [3.05, 3.63) is 42.2 Å². The molecule has 41 heavy (non-hydrogen) atoms. The molecule has 10 heteroatoms. The van der Waals surface area contributed by atoms with Crippen molar-refractivity contribution in [3.8, 4) is 6.07 Å². The van der Waals surface area contributed by atoms with Crippen LogP contribution in [0.25, 0.3) is 0 Å². The van der Waals surface area contributed by atoms with E-state index in [1.54, 1.807) is 11.0 Å². The summed E-state index contributed by atoms with van der Waals surface area (Å²) in [6, 6.07) is 8.33. The van der Waals surface area contributed by atoms with Gasteiger partial charge in [-0.1, -0.05) is 12.6 Å². The van der Waals surface area contributed by atoms with Crippen LogP contribution in [0.5, 0.6) is 0 Å². The normalized spacial score (nSPS) is 36.0. The summed E-state index contributed by atoms with van der Waals surface area (Å²) in [6.45, 7) is 7.44. The van der Waals surface area contributed by atoms with E-state index >= 15 is 0 Å². The molecule has 1 saturated carbocycles. The lowest BCUT2D eigenvalue weighted by Crippen LogP contribution is -2.72. The lowest BCUT2D eigenvalue weighted by atomic mass is 9.72. The van der Waals surface area contributed by atoms with Crippen LogP contribution in [0.15, 0.2) is 35.7 Å². The number of carbonyl (C=O) groups excluding carboxylic acids is 1. The minimum Gasteiger partial charge on any atom is -0.348 e. The molecule has 7 atom stereocenters. The largest absolute Gasteiger partial charge is 0.348 e. The molecule has 8 nitrogen and oxygen atoms in total. The SMILES string of the molecule is C=CC(=O)N1CCN(C2NC(OCC3CCCN3C)NC3C[C@]4(CCc5c(F)cccc5S4)CCC32)CC1CC#N. The number of nitrogens with zero attached hydrogens (tertiary/aromatic N) is 4. The summed E-state index contributed by atoms with van der Waals surface area (Å²) in [5, 5.41) is 17.2. The van der Waals surface area contributed by atoms with Crippen LogP contribution in [-0.2, 0) is 16.0 Å². The van der Waals surface area contributed by atoms with Gasteiger partial charge in [-0.05, 0) is 76.7 Å². The highest BCUT2D eigenvalue weighted by Crippen LogP contribution is 2.53. The molecule has 4 fully saturated rings. The average Bonchev–Trinajstić information content (AvgIpc) is 3.39. The smallest absolute Gasteiger partial charge is 0.246 e. The minimum absolute atomic E-state index is 0.0788. The van der Waals surface area contributed by atoms with Gasteiger partial charge in [-0.15, -0.1) is 11.8 Å². The van der Waals surface area contributed by atoms with Crippen molar-refractivity contribution in [1.29, 1.82) is 5.26 Å². The first-order valence-corrected chi connectivity index (χ1v) is 16.1. The Bertz CT molecular complexity index is 1180. The van der Waals surface area contributed by atoms with Crippen molar-refractivity contribution in [2.24, 2.45) is 5.92 Å². The molecule has 222 valence electrons. The molecule has 1 aromatic rings. The van der Waals surface area contributed by atoms with Gasteiger partial charge in [0.15, 0.2) is 6.35 Å². The van der Waals surface area contributed by atoms with Crippen LogP contribution in [0.1, 0.15) is 50.5 Å². The van der Waals surface area contributed by atoms with Crippen molar-refractivity contribution in [1.82, 2.24) is 25.3 Å². The number of hydrogen-bond donors (Lipinski definition) is 2. The van der Waals surface area contributed by atoms with Crippen molar-refractivity contribution in [2.75, 3.05) is 39.8 Å². The molecular formula is C31H43FN6O2S. The first-order chi connectivity index (χ1) is 19.9. The zero-order chi connectivity index (χ0) is 28.6. The van der Waals surface area contributed by atoms with E-state index in [1.165, 1.54) is 12.5 Å². The van der Waals surface area contributed by atoms with Gasteiger partial charge in [-0.25, -0.2) is 4.39 Å². The second kappa shape index (κ2) is 12.3. The van der Waals surface area contributed by atoms with Gasteiger partial charge in [-0.2, -0.15) is 5.26 Å². The topological polar surface area (TPSA) is 83.9 Å². The van der Waals surface area contributed by atoms with E-state index in [0.717, 1.165) is 62.1 Å². The highest BCUT2D eigenvalue weighted by atomic mass is 32.2. The predicted molar refractivity (Wildman–Crippen MR) is 157 cm³/mol. The fourth-order valence-electron chi connectivity index (χ4n) is 7.89. The standard InChI is InChI=1S/C31H43FN6O2S/c1-3-28(39)38-17-16-37(19-21(38)11-14-33)29-24-10-13-31(12-9-23-25(32)7-4-8-27(23)41-31)18-26(24)34-30(35-29)40-20-22-6-5-15-36(22)2/h3-4,7-8,21-22,24,26,29-30,34-35H,1,5-6,9-13,15-20H2,2H3/t21?,22?,24?,26?,29?,30?,31-/m0/s1. The Morgan fingerprint density at radius 3 is 2.93 bits per heavy atom. The first-order valence-electron chi connectivity index (χ1n) is 15.2. The maximum atomic E-state index is 14.5. The van der Waals surface area contributed by atoms with Crippen molar-refractivity contribution >= 4 is 17.7 Å². The number of halogens is 1. The number of ether oxygens (including phenoxy) is 1. The molecule has 1 aromatic carbocycles. The summed E-state index contributed by atoms with van der Waals surface area (Å²) in [5.74, 6) is 0.187. The molecule has 1 spiro atoms. The summed E-state index contributed by atoms with van der Waals surface area (Å²) < 4.78 is 21.1. The van der Waals surface area contributed by atoms with Gasteiger partial charge < -0.3 is 14.5 Å². The van der Waals surface area contributed by atoms with Crippen LogP contribution < -0.4 is 10.6 Å². The van der Waals surface area contributed by atoms with Gasteiger partial charge >= 0.3 is 0 Å². The van der Waals surface area contributed by atoms with E-state index in [0.29, 0.717) is 38.1 Å². The van der Waals surface area contributed by atoms with Crippen LogP contribution in [-0.4, -0.2) is 95.8 Å².